The Morgan fingerprint density at radius 3 is 2.76 bits per heavy atom. The lowest BCUT2D eigenvalue weighted by Gasteiger charge is -2.39. The summed E-state index contributed by atoms with van der Waals surface area (Å²) in [4.78, 5) is 4.75. The molecule has 7 heteroatoms. The van der Waals surface area contributed by atoms with E-state index in [9.17, 15) is 8.42 Å². The van der Waals surface area contributed by atoms with Gasteiger partial charge in [0.15, 0.2) is 0 Å². The molecular formula is C18H25N3O2S2. The zero-order valence-corrected chi connectivity index (χ0v) is 16.2. The zero-order chi connectivity index (χ0) is 17.4. The van der Waals surface area contributed by atoms with Gasteiger partial charge in [0.1, 0.15) is 5.01 Å². The number of aromatic nitrogens is 1. The number of hydrogen-bond donors (Lipinski definition) is 0. The zero-order valence-electron chi connectivity index (χ0n) is 14.6. The fourth-order valence-electron chi connectivity index (χ4n) is 3.96. The normalized spacial score (nSPS) is 26.9. The van der Waals surface area contributed by atoms with Crippen LogP contribution in [0, 0.1) is 5.92 Å². The Hall–Kier alpha value is -1.02. The minimum Gasteiger partial charge on any atom is -0.239 e. The van der Waals surface area contributed by atoms with Gasteiger partial charge in [-0.3, -0.25) is 0 Å². The Morgan fingerprint density at radius 1 is 1.12 bits per heavy atom. The standard InChI is InChI=1S/C18H25N3O2S2/c1-14-7-6-11-20(13-14)25(22,23)21-12-5-4-9-16(21)18-19-15-8-2-3-10-17(15)24-18/h2-3,8,10,14,16H,4-7,9,11-13H2,1H3/t14-,16+/m1/s1. The van der Waals surface area contributed by atoms with Gasteiger partial charge in [-0.1, -0.05) is 25.5 Å². The van der Waals surface area contributed by atoms with Crippen LogP contribution in [0.4, 0.5) is 0 Å². The molecule has 1 aromatic heterocycles. The van der Waals surface area contributed by atoms with E-state index in [2.05, 4.69) is 13.0 Å². The topological polar surface area (TPSA) is 53.5 Å². The third kappa shape index (κ3) is 3.35. The number of para-hydroxylation sites is 1. The minimum absolute atomic E-state index is 0.117. The molecule has 2 aliphatic heterocycles. The van der Waals surface area contributed by atoms with Crippen LogP contribution in [0.25, 0.3) is 10.2 Å². The third-order valence-corrected chi connectivity index (χ3v) is 8.44. The van der Waals surface area contributed by atoms with Crippen molar-refractivity contribution in [1.29, 1.82) is 0 Å². The molecule has 0 N–H and O–H groups in total. The molecule has 2 saturated heterocycles. The fourth-order valence-corrected chi connectivity index (χ4v) is 7.13. The average Bonchev–Trinajstić information content (AvgIpc) is 3.06. The first-order valence-electron chi connectivity index (χ1n) is 9.18. The van der Waals surface area contributed by atoms with Crippen LogP contribution in [-0.2, 0) is 10.2 Å². The first kappa shape index (κ1) is 17.4. The van der Waals surface area contributed by atoms with Crippen molar-refractivity contribution in [1.82, 2.24) is 13.6 Å². The summed E-state index contributed by atoms with van der Waals surface area (Å²) in [6.07, 6.45) is 4.93. The van der Waals surface area contributed by atoms with E-state index in [1.54, 1.807) is 19.9 Å². The molecule has 0 amide bonds. The summed E-state index contributed by atoms with van der Waals surface area (Å²) in [7, 11) is -3.42. The first-order chi connectivity index (χ1) is 12.1. The van der Waals surface area contributed by atoms with Gasteiger partial charge in [-0.05, 0) is 43.7 Å². The van der Waals surface area contributed by atoms with Gasteiger partial charge in [-0.2, -0.15) is 17.0 Å². The van der Waals surface area contributed by atoms with Crippen LogP contribution in [0.3, 0.4) is 0 Å². The molecule has 3 heterocycles. The minimum atomic E-state index is -3.42. The first-order valence-corrected chi connectivity index (χ1v) is 11.4. The lowest BCUT2D eigenvalue weighted by molar-refractivity contribution is 0.211. The quantitative estimate of drug-likeness (QED) is 0.815. The summed E-state index contributed by atoms with van der Waals surface area (Å²) in [6.45, 7) is 4.04. The SMILES string of the molecule is C[C@@H]1CCCN(S(=O)(=O)N2CCCC[C@H]2c2nc3ccccc3s2)C1. The smallest absolute Gasteiger partial charge is 0.239 e. The Bertz CT molecular complexity index is 816. The Kier molecular flexibility index (Phi) is 4.83. The van der Waals surface area contributed by atoms with Crippen LogP contribution in [0.15, 0.2) is 24.3 Å². The van der Waals surface area contributed by atoms with Crippen molar-refractivity contribution in [3.05, 3.63) is 29.3 Å². The van der Waals surface area contributed by atoms with Gasteiger partial charge in [0.2, 0.25) is 0 Å². The molecule has 4 rings (SSSR count). The molecule has 0 bridgehead atoms. The summed E-state index contributed by atoms with van der Waals surface area (Å²) in [5.41, 5.74) is 0.969. The van der Waals surface area contributed by atoms with Gasteiger partial charge in [0, 0.05) is 19.6 Å². The molecule has 0 unspecified atom stereocenters. The predicted molar refractivity (Wildman–Crippen MR) is 102 cm³/mol. The van der Waals surface area contributed by atoms with E-state index in [0.29, 0.717) is 25.6 Å². The molecule has 0 spiro atoms. The molecule has 1 aromatic carbocycles. The van der Waals surface area contributed by atoms with Crippen LogP contribution < -0.4 is 0 Å². The van der Waals surface area contributed by atoms with Gasteiger partial charge in [0.05, 0.1) is 16.3 Å². The van der Waals surface area contributed by atoms with E-state index in [-0.39, 0.29) is 6.04 Å². The maximum Gasteiger partial charge on any atom is 0.282 e. The van der Waals surface area contributed by atoms with Crippen LogP contribution in [0.1, 0.15) is 50.1 Å². The van der Waals surface area contributed by atoms with Crippen LogP contribution >= 0.6 is 11.3 Å². The molecule has 25 heavy (non-hydrogen) atoms. The van der Waals surface area contributed by atoms with E-state index >= 15 is 0 Å². The molecule has 5 nitrogen and oxygen atoms in total. The van der Waals surface area contributed by atoms with Crippen LogP contribution in [-0.4, -0.2) is 41.6 Å². The van der Waals surface area contributed by atoms with Crippen LogP contribution in [0.2, 0.25) is 0 Å². The van der Waals surface area contributed by atoms with Crippen molar-refractivity contribution in [2.75, 3.05) is 19.6 Å². The largest absolute Gasteiger partial charge is 0.282 e. The van der Waals surface area contributed by atoms with Crippen molar-refractivity contribution in [2.24, 2.45) is 5.92 Å². The van der Waals surface area contributed by atoms with Gasteiger partial charge in [-0.15, -0.1) is 11.3 Å². The lowest BCUT2D eigenvalue weighted by atomic mass is 10.0. The number of hydrogen-bond acceptors (Lipinski definition) is 4. The summed E-state index contributed by atoms with van der Waals surface area (Å²) in [5, 5.41) is 0.939. The van der Waals surface area contributed by atoms with E-state index in [4.69, 9.17) is 4.98 Å². The number of nitrogens with zero attached hydrogens (tertiary/aromatic N) is 3. The lowest BCUT2D eigenvalue weighted by Crippen LogP contribution is -2.50. The van der Waals surface area contributed by atoms with Gasteiger partial charge in [0.25, 0.3) is 10.2 Å². The van der Waals surface area contributed by atoms with Gasteiger partial charge < -0.3 is 0 Å². The second-order valence-electron chi connectivity index (χ2n) is 7.26. The van der Waals surface area contributed by atoms with E-state index in [1.807, 2.05) is 18.2 Å². The van der Waals surface area contributed by atoms with Crippen molar-refractivity contribution in [3.63, 3.8) is 0 Å². The Balaban J connectivity index is 1.66. The summed E-state index contributed by atoms with van der Waals surface area (Å²) < 4.78 is 31.2. The van der Waals surface area contributed by atoms with Crippen molar-refractivity contribution in [3.8, 4) is 0 Å². The molecular weight excluding hydrogens is 354 g/mol. The fraction of sp³-hybridized carbons (Fsp3) is 0.611. The summed E-state index contributed by atoms with van der Waals surface area (Å²) in [6, 6.07) is 7.94. The maximum absolute atomic E-state index is 13.3. The highest BCUT2D eigenvalue weighted by atomic mass is 32.2. The summed E-state index contributed by atoms with van der Waals surface area (Å²) in [5.74, 6) is 0.439. The molecule has 0 saturated carbocycles. The van der Waals surface area contributed by atoms with E-state index in [0.717, 1.165) is 47.3 Å². The van der Waals surface area contributed by atoms with E-state index in [1.165, 1.54) is 0 Å². The molecule has 2 aliphatic rings. The monoisotopic (exact) mass is 379 g/mol. The van der Waals surface area contributed by atoms with Crippen molar-refractivity contribution >= 4 is 31.8 Å². The highest BCUT2D eigenvalue weighted by molar-refractivity contribution is 7.86. The van der Waals surface area contributed by atoms with Crippen LogP contribution in [0.5, 0.6) is 0 Å². The van der Waals surface area contributed by atoms with Gasteiger partial charge >= 0.3 is 0 Å². The van der Waals surface area contributed by atoms with Gasteiger partial charge in [-0.25, -0.2) is 4.98 Å². The molecule has 0 aliphatic carbocycles. The van der Waals surface area contributed by atoms with Crippen molar-refractivity contribution in [2.45, 2.75) is 45.1 Å². The molecule has 2 fully saturated rings. The number of rotatable bonds is 3. The maximum atomic E-state index is 13.3. The number of benzene rings is 1. The molecule has 2 atom stereocenters. The highest BCUT2D eigenvalue weighted by Crippen LogP contribution is 2.38. The highest BCUT2D eigenvalue weighted by Gasteiger charge is 2.39. The number of fused-ring (bicyclic) bond motifs is 1. The summed E-state index contributed by atoms with van der Waals surface area (Å²) >= 11 is 1.64. The third-order valence-electron chi connectivity index (χ3n) is 5.29. The molecule has 136 valence electrons. The number of piperidine rings is 2. The second-order valence-corrected chi connectivity index (χ2v) is 10.2. The Labute approximate surface area is 153 Å². The molecule has 0 radical (unpaired) electrons. The predicted octanol–water partition coefficient (Wildman–Crippen LogP) is 3.80. The Morgan fingerprint density at radius 2 is 1.96 bits per heavy atom. The number of thiazole rings is 1. The average molecular weight is 380 g/mol. The molecule has 2 aromatic rings. The van der Waals surface area contributed by atoms with E-state index < -0.39 is 10.2 Å². The van der Waals surface area contributed by atoms with Crippen molar-refractivity contribution < 1.29 is 8.42 Å². The second kappa shape index (κ2) is 6.95.